The average Bonchev–Trinajstić information content (AvgIpc) is 2.53. The quantitative estimate of drug-likeness (QED) is 0.176. The van der Waals surface area contributed by atoms with Gasteiger partial charge in [0.2, 0.25) is 0 Å². The second-order valence-corrected chi connectivity index (χ2v) is 5.93. The molecule has 0 radical (unpaired) electrons. The Labute approximate surface area is 142 Å². The number of nitrogen functional groups attached to an aromatic ring is 1. The Bertz CT molecular complexity index is 703. The van der Waals surface area contributed by atoms with Gasteiger partial charge in [-0.05, 0) is 23.8 Å². The second kappa shape index (κ2) is 7.09. The first-order chi connectivity index (χ1) is 11.6. The van der Waals surface area contributed by atoms with Crippen LogP contribution in [0.5, 0.6) is 5.75 Å². The monoisotopic (exact) mass is 353 g/mol. The smallest absolute Gasteiger partial charge is 0.335 e. The number of carboxylic acid groups (broad SMARTS) is 1. The van der Waals surface area contributed by atoms with Crippen molar-refractivity contribution in [2.45, 2.75) is 36.8 Å². The number of anilines is 1. The Balaban J connectivity index is 2.06. The molecule has 0 spiro atoms. The summed E-state index contributed by atoms with van der Waals surface area (Å²) in [6, 6.07) is 4.30. The number of nitrogens with two attached hydrogens (primary N) is 1. The third-order valence-corrected chi connectivity index (χ3v) is 3.99. The lowest BCUT2D eigenvalue weighted by atomic mass is 9.79. The molecule has 0 heterocycles. The summed E-state index contributed by atoms with van der Waals surface area (Å²) in [5.41, 5.74) is 3.79. The van der Waals surface area contributed by atoms with Crippen molar-refractivity contribution in [3.8, 4) is 5.75 Å². The molecule has 25 heavy (non-hydrogen) atoms. The van der Waals surface area contributed by atoms with Crippen LogP contribution in [0.3, 0.4) is 0 Å². The Morgan fingerprint density at radius 3 is 2.56 bits per heavy atom. The zero-order valence-corrected chi connectivity index (χ0v) is 13.1. The van der Waals surface area contributed by atoms with Crippen LogP contribution in [0.4, 0.5) is 5.69 Å². The van der Waals surface area contributed by atoms with Gasteiger partial charge < -0.3 is 36.0 Å². The number of carbonyl (C=O) groups is 2. The van der Waals surface area contributed by atoms with E-state index in [1.165, 1.54) is 18.2 Å². The van der Waals surface area contributed by atoms with Gasteiger partial charge in [0.1, 0.15) is 18.0 Å². The van der Waals surface area contributed by atoms with Gasteiger partial charge in [-0.15, -0.1) is 0 Å². The Kier molecular flexibility index (Phi) is 5.31. The summed E-state index contributed by atoms with van der Waals surface area (Å²) in [6.45, 7) is 0. The lowest BCUT2D eigenvalue weighted by Gasteiger charge is -2.39. The number of aliphatic carboxylic acids is 1. The molecule has 1 aromatic carbocycles. The lowest BCUT2D eigenvalue weighted by Crippen LogP contribution is -2.57. The highest BCUT2D eigenvalue weighted by Gasteiger charge is 2.50. The van der Waals surface area contributed by atoms with Gasteiger partial charge in [0, 0.05) is 18.9 Å². The number of ether oxygens (including phenoxy) is 1. The van der Waals surface area contributed by atoms with Crippen LogP contribution < -0.4 is 5.73 Å². The van der Waals surface area contributed by atoms with Gasteiger partial charge >= 0.3 is 11.9 Å². The molecule has 1 aromatic rings. The maximum Gasteiger partial charge on any atom is 0.335 e. The van der Waals surface area contributed by atoms with Crippen LogP contribution >= 0.6 is 0 Å². The zero-order valence-electron chi connectivity index (χ0n) is 13.1. The molecular formula is C16H19NO8. The highest BCUT2D eigenvalue weighted by molar-refractivity contribution is 5.87. The molecule has 0 bridgehead atoms. The van der Waals surface area contributed by atoms with Gasteiger partial charge in [-0.3, -0.25) is 0 Å². The van der Waals surface area contributed by atoms with Crippen molar-refractivity contribution < 1.29 is 39.9 Å². The number of aliphatic hydroxyl groups is 3. The minimum atomic E-state index is -2.30. The fraction of sp³-hybridized carbons (Fsp3) is 0.375. The molecule has 1 saturated carbocycles. The van der Waals surface area contributed by atoms with E-state index in [-0.39, 0.29) is 11.4 Å². The van der Waals surface area contributed by atoms with Crippen molar-refractivity contribution in [2.24, 2.45) is 0 Å². The molecule has 9 nitrogen and oxygen atoms in total. The van der Waals surface area contributed by atoms with E-state index in [1.807, 2.05) is 0 Å². The summed E-state index contributed by atoms with van der Waals surface area (Å²) in [5.74, 6) is -2.65. The van der Waals surface area contributed by atoms with Crippen LogP contribution in [0.25, 0.3) is 6.08 Å². The first-order valence-corrected chi connectivity index (χ1v) is 7.41. The molecule has 9 heteroatoms. The van der Waals surface area contributed by atoms with E-state index in [2.05, 4.69) is 0 Å². The van der Waals surface area contributed by atoms with Crippen molar-refractivity contribution in [1.82, 2.24) is 0 Å². The molecule has 136 valence electrons. The molecule has 1 aliphatic carbocycles. The summed E-state index contributed by atoms with van der Waals surface area (Å²) in [6.07, 6.45) is -3.26. The second-order valence-electron chi connectivity index (χ2n) is 5.93. The van der Waals surface area contributed by atoms with Crippen molar-refractivity contribution in [3.05, 3.63) is 29.8 Å². The third kappa shape index (κ3) is 4.27. The summed E-state index contributed by atoms with van der Waals surface area (Å²) in [7, 11) is 0. The van der Waals surface area contributed by atoms with Crippen molar-refractivity contribution >= 4 is 23.7 Å². The Hall–Kier alpha value is -2.62. The van der Waals surface area contributed by atoms with E-state index in [0.717, 1.165) is 6.08 Å². The first-order valence-electron chi connectivity index (χ1n) is 7.41. The Morgan fingerprint density at radius 1 is 1.28 bits per heavy atom. The van der Waals surface area contributed by atoms with Crippen LogP contribution in [0.2, 0.25) is 0 Å². The minimum Gasteiger partial charge on any atom is -0.506 e. The fourth-order valence-corrected chi connectivity index (χ4v) is 2.55. The summed E-state index contributed by atoms with van der Waals surface area (Å²) >= 11 is 0. The lowest BCUT2D eigenvalue weighted by molar-refractivity contribution is -0.196. The maximum absolute atomic E-state index is 11.9. The maximum atomic E-state index is 11.9. The van der Waals surface area contributed by atoms with Crippen LogP contribution in [0.1, 0.15) is 18.4 Å². The minimum absolute atomic E-state index is 0.159. The van der Waals surface area contributed by atoms with E-state index in [1.54, 1.807) is 6.07 Å². The molecule has 0 amide bonds. The number of carboxylic acids is 1. The highest BCUT2D eigenvalue weighted by atomic mass is 16.6. The molecule has 0 saturated heterocycles. The SMILES string of the molecule is Nc1ccc(/C=C/C(=O)O[C@@H]2C[C@@](O)(C(=O)O)C[C@@H](O)[C@@H]2O)cc1O. The standard InChI is InChI=1S/C16H19NO8/c17-9-3-1-8(5-10(9)18)2-4-13(20)25-12-7-16(24,15(22)23)6-11(19)14(12)21/h1-5,11-12,14,18-19,21,24H,6-7,17H2,(H,22,23)/b4-2+/t11-,12-,14+,16-/m1/s1. The molecule has 0 aliphatic heterocycles. The van der Waals surface area contributed by atoms with Gasteiger partial charge in [-0.1, -0.05) is 6.07 Å². The van der Waals surface area contributed by atoms with E-state index < -0.39 is 48.7 Å². The van der Waals surface area contributed by atoms with E-state index >= 15 is 0 Å². The third-order valence-electron chi connectivity index (χ3n) is 3.99. The number of phenols is 1. The van der Waals surface area contributed by atoms with Crippen molar-refractivity contribution in [3.63, 3.8) is 0 Å². The predicted octanol–water partition coefficient (Wildman–Crippen LogP) is -0.769. The number of hydrogen-bond donors (Lipinski definition) is 6. The van der Waals surface area contributed by atoms with Crippen LogP contribution in [0, 0.1) is 0 Å². The largest absolute Gasteiger partial charge is 0.506 e. The van der Waals surface area contributed by atoms with Gasteiger partial charge in [0.05, 0.1) is 11.8 Å². The van der Waals surface area contributed by atoms with Gasteiger partial charge in [-0.25, -0.2) is 9.59 Å². The number of aliphatic hydroxyl groups excluding tert-OH is 2. The first kappa shape index (κ1) is 18.7. The normalized spacial score (nSPS) is 29.5. The number of carbonyl (C=O) groups excluding carboxylic acids is 1. The number of rotatable bonds is 4. The van der Waals surface area contributed by atoms with Crippen LogP contribution in [0.15, 0.2) is 24.3 Å². The fourth-order valence-electron chi connectivity index (χ4n) is 2.55. The topological polar surface area (TPSA) is 171 Å². The number of aromatic hydroxyl groups is 1. The van der Waals surface area contributed by atoms with Crippen LogP contribution in [-0.2, 0) is 14.3 Å². The van der Waals surface area contributed by atoms with Gasteiger partial charge in [-0.2, -0.15) is 0 Å². The average molecular weight is 353 g/mol. The zero-order chi connectivity index (χ0) is 18.8. The number of hydrogen-bond acceptors (Lipinski definition) is 8. The van der Waals surface area contributed by atoms with E-state index in [9.17, 15) is 30.0 Å². The summed E-state index contributed by atoms with van der Waals surface area (Å²) in [4.78, 5) is 23.0. The molecule has 1 aliphatic rings. The molecule has 0 aromatic heterocycles. The van der Waals surface area contributed by atoms with Gasteiger partial charge in [0.25, 0.3) is 0 Å². The van der Waals surface area contributed by atoms with Crippen molar-refractivity contribution in [1.29, 1.82) is 0 Å². The molecule has 2 rings (SSSR count). The molecule has 4 atom stereocenters. The number of phenolic OH excluding ortho intramolecular Hbond substituents is 1. The van der Waals surface area contributed by atoms with E-state index in [0.29, 0.717) is 5.56 Å². The Morgan fingerprint density at radius 2 is 1.96 bits per heavy atom. The predicted molar refractivity (Wildman–Crippen MR) is 85.3 cm³/mol. The summed E-state index contributed by atoms with van der Waals surface area (Å²) < 4.78 is 4.95. The summed E-state index contributed by atoms with van der Waals surface area (Å²) in [5, 5.41) is 48.0. The number of benzene rings is 1. The molecule has 1 fully saturated rings. The molecule has 7 N–H and O–H groups in total. The molecular weight excluding hydrogens is 334 g/mol. The number of esters is 1. The highest BCUT2D eigenvalue weighted by Crippen LogP contribution is 2.31. The van der Waals surface area contributed by atoms with Crippen molar-refractivity contribution in [2.75, 3.05) is 5.73 Å². The van der Waals surface area contributed by atoms with E-state index in [4.69, 9.17) is 15.6 Å². The van der Waals surface area contributed by atoms with Gasteiger partial charge in [0.15, 0.2) is 5.60 Å². The van der Waals surface area contributed by atoms with Crippen LogP contribution in [-0.4, -0.2) is 61.4 Å². The molecule has 0 unspecified atom stereocenters.